The van der Waals surface area contributed by atoms with E-state index in [-0.39, 0.29) is 18.1 Å². The molecule has 2 aliphatic heterocycles. The van der Waals surface area contributed by atoms with Crippen LogP contribution < -0.4 is 4.74 Å². The maximum atomic E-state index is 13.2. The molecule has 2 atom stereocenters. The van der Waals surface area contributed by atoms with E-state index in [1.54, 1.807) is 48.5 Å². The number of hydrogen-bond donors (Lipinski definition) is 1. The molecule has 0 radical (unpaired) electrons. The molecule has 0 aliphatic carbocycles. The number of carbonyl (C=O) groups is 2. The summed E-state index contributed by atoms with van der Waals surface area (Å²) >= 11 is 1.30. The smallest absolute Gasteiger partial charge is 0.337 e. The minimum atomic E-state index is -1.54. The molecule has 0 bridgehead atoms. The van der Waals surface area contributed by atoms with Crippen LogP contribution in [-0.2, 0) is 15.3 Å². The van der Waals surface area contributed by atoms with Crippen LogP contribution in [0.3, 0.4) is 0 Å². The van der Waals surface area contributed by atoms with Crippen molar-refractivity contribution in [3.05, 3.63) is 75.8 Å². The lowest BCUT2D eigenvalue weighted by atomic mass is 9.85. The Balaban J connectivity index is 1.69. The fourth-order valence-electron chi connectivity index (χ4n) is 4.08. The van der Waals surface area contributed by atoms with E-state index >= 15 is 0 Å². The van der Waals surface area contributed by atoms with Crippen molar-refractivity contribution in [2.45, 2.75) is 25.0 Å². The molecule has 1 fully saturated rings. The van der Waals surface area contributed by atoms with Gasteiger partial charge in [-0.3, -0.25) is 9.69 Å². The summed E-state index contributed by atoms with van der Waals surface area (Å²) in [6.07, 6.45) is 0.0455. The van der Waals surface area contributed by atoms with Crippen molar-refractivity contribution in [1.82, 2.24) is 4.90 Å². The monoisotopic (exact) mass is 450 g/mol. The Morgan fingerprint density at radius 1 is 1.25 bits per heavy atom. The number of carbonyl (C=O) groups excluding carboxylic acids is 2. The normalized spacial score (nSPS) is 22.4. The van der Waals surface area contributed by atoms with Gasteiger partial charge >= 0.3 is 5.97 Å². The number of hydrogen-bond acceptors (Lipinski definition) is 7. The number of methoxy groups -OCH3 is 1. The zero-order valence-electron chi connectivity index (χ0n) is 17.7. The van der Waals surface area contributed by atoms with Crippen molar-refractivity contribution in [3.63, 3.8) is 0 Å². The van der Waals surface area contributed by atoms with Gasteiger partial charge in [-0.05, 0) is 36.8 Å². The van der Waals surface area contributed by atoms with Crippen LogP contribution >= 0.6 is 11.8 Å². The Kier molecular flexibility index (Phi) is 5.96. The quantitative estimate of drug-likeness (QED) is 0.696. The van der Waals surface area contributed by atoms with Gasteiger partial charge in [0.15, 0.2) is 5.72 Å². The van der Waals surface area contributed by atoms with Crippen LogP contribution in [0.1, 0.15) is 40.7 Å². The number of fused-ring (bicyclic) bond motifs is 1. The number of benzene rings is 2. The molecule has 1 amide bonds. The van der Waals surface area contributed by atoms with Crippen LogP contribution in [0.2, 0.25) is 0 Å². The molecule has 4 rings (SSSR count). The van der Waals surface area contributed by atoms with E-state index in [4.69, 9.17) is 9.47 Å². The van der Waals surface area contributed by atoms with Crippen molar-refractivity contribution < 1.29 is 24.2 Å². The highest BCUT2D eigenvalue weighted by atomic mass is 32.2. The molecule has 2 aromatic carbocycles. The number of nitriles is 1. The Hall–Kier alpha value is -3.28. The lowest BCUT2D eigenvalue weighted by Gasteiger charge is -2.38. The van der Waals surface area contributed by atoms with Crippen LogP contribution in [0.5, 0.6) is 5.75 Å². The summed E-state index contributed by atoms with van der Waals surface area (Å²) in [6, 6.07) is 16.0. The second-order valence-electron chi connectivity index (χ2n) is 7.49. The molecule has 2 aromatic rings. The first-order chi connectivity index (χ1) is 15.4. The van der Waals surface area contributed by atoms with Crippen LogP contribution in [0, 0.1) is 11.3 Å². The summed E-state index contributed by atoms with van der Waals surface area (Å²) in [5.74, 6) is -0.253. The molecular weight excluding hydrogens is 428 g/mol. The fraction of sp³-hybridized carbons (Fsp3) is 0.292. The van der Waals surface area contributed by atoms with Gasteiger partial charge in [0.05, 0.1) is 41.7 Å². The summed E-state index contributed by atoms with van der Waals surface area (Å²) in [4.78, 5) is 26.3. The van der Waals surface area contributed by atoms with Crippen LogP contribution in [0.4, 0.5) is 0 Å². The summed E-state index contributed by atoms with van der Waals surface area (Å²) < 4.78 is 10.2. The van der Waals surface area contributed by atoms with Crippen molar-refractivity contribution in [1.29, 1.82) is 5.26 Å². The van der Waals surface area contributed by atoms with Crippen molar-refractivity contribution in [2.24, 2.45) is 0 Å². The first-order valence-electron chi connectivity index (χ1n) is 10.2. The molecular formula is C24H22N2O5S. The third-order valence-corrected chi connectivity index (χ3v) is 6.90. The Morgan fingerprint density at radius 2 is 1.94 bits per heavy atom. The summed E-state index contributed by atoms with van der Waals surface area (Å²) in [5.41, 5.74) is 0.610. The van der Waals surface area contributed by atoms with Gasteiger partial charge in [-0.25, -0.2) is 4.79 Å². The molecule has 0 unspecified atom stereocenters. The van der Waals surface area contributed by atoms with E-state index < -0.39 is 17.6 Å². The molecule has 0 aromatic heterocycles. The van der Waals surface area contributed by atoms with E-state index in [2.05, 4.69) is 6.07 Å². The largest absolute Gasteiger partial charge is 0.494 e. The standard InChI is InChI=1S/C24H22N2O5S/c1-3-31-18-10-8-17(9-11-18)24(29)14-32-22-20(13-25)19(12-21(27)26(22)24)15-4-6-16(7-5-15)23(28)30-2/h4-11,19,29H,3,12,14H2,1-2H3/t19-,24+/m1/s1. The fourth-order valence-corrected chi connectivity index (χ4v) is 5.44. The molecule has 32 heavy (non-hydrogen) atoms. The minimum Gasteiger partial charge on any atom is -0.494 e. The molecule has 0 spiro atoms. The highest BCUT2D eigenvalue weighted by molar-refractivity contribution is 8.03. The van der Waals surface area contributed by atoms with Gasteiger partial charge in [0.2, 0.25) is 5.91 Å². The molecule has 164 valence electrons. The minimum absolute atomic E-state index is 0.0455. The summed E-state index contributed by atoms with van der Waals surface area (Å²) in [6.45, 7) is 2.42. The third kappa shape index (κ3) is 3.64. The van der Waals surface area contributed by atoms with Crippen molar-refractivity contribution in [3.8, 4) is 11.8 Å². The molecule has 2 aliphatic rings. The predicted octanol–water partition coefficient (Wildman–Crippen LogP) is 3.52. The summed E-state index contributed by atoms with van der Waals surface area (Å²) in [5, 5.41) is 21.9. The van der Waals surface area contributed by atoms with Gasteiger partial charge in [-0.15, -0.1) is 11.8 Å². The molecule has 2 heterocycles. The first-order valence-corrected chi connectivity index (χ1v) is 11.2. The van der Waals surface area contributed by atoms with E-state index in [1.165, 1.54) is 23.8 Å². The van der Waals surface area contributed by atoms with Crippen LogP contribution in [0.15, 0.2) is 59.1 Å². The van der Waals surface area contributed by atoms with Gasteiger partial charge in [0.25, 0.3) is 0 Å². The highest BCUT2D eigenvalue weighted by Gasteiger charge is 2.51. The number of allylic oxidation sites excluding steroid dienone is 1. The molecule has 0 saturated carbocycles. The van der Waals surface area contributed by atoms with E-state index in [1.807, 2.05) is 6.92 Å². The van der Waals surface area contributed by atoms with Gasteiger partial charge < -0.3 is 14.6 Å². The number of thioether (sulfide) groups is 1. The second-order valence-corrected chi connectivity index (χ2v) is 8.46. The van der Waals surface area contributed by atoms with E-state index in [0.717, 1.165) is 5.56 Å². The Morgan fingerprint density at radius 3 is 2.53 bits per heavy atom. The molecule has 1 N–H and O–H groups in total. The maximum Gasteiger partial charge on any atom is 0.337 e. The van der Waals surface area contributed by atoms with E-state index in [0.29, 0.717) is 34.1 Å². The molecule has 8 heteroatoms. The predicted molar refractivity (Wildman–Crippen MR) is 119 cm³/mol. The lowest BCUT2D eigenvalue weighted by molar-refractivity contribution is -0.149. The van der Waals surface area contributed by atoms with E-state index in [9.17, 15) is 20.0 Å². The molecule has 7 nitrogen and oxygen atoms in total. The van der Waals surface area contributed by atoms with Crippen LogP contribution in [-0.4, -0.2) is 41.4 Å². The average Bonchev–Trinajstić information content (AvgIpc) is 3.18. The highest BCUT2D eigenvalue weighted by Crippen LogP contribution is 2.51. The Labute approximate surface area is 190 Å². The third-order valence-electron chi connectivity index (χ3n) is 5.67. The van der Waals surface area contributed by atoms with Crippen LogP contribution in [0.25, 0.3) is 0 Å². The second kappa shape index (κ2) is 8.69. The van der Waals surface area contributed by atoms with Gasteiger partial charge in [0.1, 0.15) is 5.75 Å². The number of ether oxygens (including phenoxy) is 2. The molecule has 1 saturated heterocycles. The number of amides is 1. The zero-order valence-corrected chi connectivity index (χ0v) is 18.5. The van der Waals surface area contributed by atoms with Gasteiger partial charge in [0, 0.05) is 17.9 Å². The maximum absolute atomic E-state index is 13.2. The van der Waals surface area contributed by atoms with Crippen molar-refractivity contribution in [2.75, 3.05) is 19.5 Å². The lowest BCUT2D eigenvalue weighted by Crippen LogP contribution is -2.48. The topological polar surface area (TPSA) is 99.9 Å². The Bertz CT molecular complexity index is 1120. The number of esters is 1. The van der Waals surface area contributed by atoms with Crippen molar-refractivity contribution >= 4 is 23.6 Å². The number of rotatable bonds is 5. The first kappa shape index (κ1) is 21.9. The number of nitrogens with zero attached hydrogens (tertiary/aromatic N) is 2. The SMILES string of the molecule is CCOc1ccc([C@@]2(O)CSC3=C(C#N)[C@@H](c4ccc(C(=O)OC)cc4)CC(=O)N32)cc1. The average molecular weight is 451 g/mol. The number of aliphatic hydroxyl groups is 1. The summed E-state index contributed by atoms with van der Waals surface area (Å²) in [7, 11) is 1.31. The zero-order chi connectivity index (χ0) is 22.9. The van der Waals surface area contributed by atoms with Gasteiger partial charge in [-0.1, -0.05) is 24.3 Å². The van der Waals surface area contributed by atoms with Gasteiger partial charge in [-0.2, -0.15) is 5.26 Å².